The number of anilines is 2. The number of benzene rings is 1. The van der Waals surface area contributed by atoms with Crippen molar-refractivity contribution in [2.75, 3.05) is 30.8 Å². The lowest BCUT2D eigenvalue weighted by Gasteiger charge is -2.27. The van der Waals surface area contributed by atoms with E-state index in [4.69, 9.17) is 14.9 Å². The molecule has 0 atom stereocenters. The molecule has 0 unspecified atom stereocenters. The van der Waals surface area contributed by atoms with Gasteiger partial charge in [0.15, 0.2) is 5.76 Å². The van der Waals surface area contributed by atoms with Crippen LogP contribution in [0.3, 0.4) is 0 Å². The number of fused-ring (bicyclic) bond motifs is 1. The molecule has 0 spiro atoms. The van der Waals surface area contributed by atoms with Crippen LogP contribution in [0.5, 0.6) is 5.75 Å². The average Bonchev–Trinajstić information content (AvgIpc) is 2.76. The maximum atomic E-state index is 5.58. The molecule has 2 N–H and O–H groups in total. The number of hydrogen-bond donors (Lipinski definition) is 1. The van der Waals surface area contributed by atoms with E-state index < -0.39 is 0 Å². The molecule has 0 saturated heterocycles. The zero-order chi connectivity index (χ0) is 11.8. The van der Waals surface area contributed by atoms with Gasteiger partial charge < -0.3 is 19.8 Å². The second kappa shape index (κ2) is 3.69. The SMILES string of the molecule is CN1CCOc2ccc(-c3cnc(N)o3)cc21. The number of nitrogens with zero attached hydrogens (tertiary/aromatic N) is 2. The first kappa shape index (κ1) is 10.0. The van der Waals surface area contributed by atoms with Crippen LogP contribution < -0.4 is 15.4 Å². The van der Waals surface area contributed by atoms with Crippen LogP contribution in [0.1, 0.15) is 0 Å². The normalized spacial score (nSPS) is 14.3. The van der Waals surface area contributed by atoms with Crippen molar-refractivity contribution in [1.82, 2.24) is 4.98 Å². The number of ether oxygens (including phenoxy) is 1. The standard InChI is InChI=1S/C12H13N3O2/c1-15-4-5-16-10-3-2-8(6-9(10)15)11-7-14-12(13)17-11/h2-3,6-7H,4-5H2,1H3,(H2,13,14). The zero-order valence-electron chi connectivity index (χ0n) is 9.51. The Hall–Kier alpha value is -2.17. The number of hydrogen-bond acceptors (Lipinski definition) is 5. The van der Waals surface area contributed by atoms with Crippen LogP contribution >= 0.6 is 0 Å². The van der Waals surface area contributed by atoms with Gasteiger partial charge in [0.1, 0.15) is 12.4 Å². The molecular formula is C12H13N3O2. The minimum atomic E-state index is 0.183. The molecule has 1 aliphatic heterocycles. The Morgan fingerprint density at radius 3 is 3.06 bits per heavy atom. The van der Waals surface area contributed by atoms with Crippen molar-refractivity contribution in [2.24, 2.45) is 0 Å². The quantitative estimate of drug-likeness (QED) is 0.810. The predicted molar refractivity (Wildman–Crippen MR) is 65.1 cm³/mol. The molecule has 1 aromatic carbocycles. The maximum Gasteiger partial charge on any atom is 0.292 e. The van der Waals surface area contributed by atoms with Gasteiger partial charge in [-0.25, -0.2) is 4.98 Å². The lowest BCUT2D eigenvalue weighted by Crippen LogP contribution is -2.28. The van der Waals surface area contributed by atoms with E-state index in [-0.39, 0.29) is 6.01 Å². The summed E-state index contributed by atoms with van der Waals surface area (Å²) in [4.78, 5) is 6.05. The summed E-state index contributed by atoms with van der Waals surface area (Å²) in [5.41, 5.74) is 7.48. The first-order valence-electron chi connectivity index (χ1n) is 5.44. The van der Waals surface area contributed by atoms with E-state index in [0.29, 0.717) is 5.76 Å². The highest BCUT2D eigenvalue weighted by molar-refractivity contribution is 5.70. The smallest absolute Gasteiger partial charge is 0.292 e. The van der Waals surface area contributed by atoms with Crippen molar-refractivity contribution >= 4 is 11.7 Å². The fourth-order valence-electron chi connectivity index (χ4n) is 1.93. The van der Waals surface area contributed by atoms with E-state index in [1.54, 1.807) is 6.20 Å². The van der Waals surface area contributed by atoms with Crippen molar-refractivity contribution in [2.45, 2.75) is 0 Å². The number of nitrogens with two attached hydrogens (primary N) is 1. The summed E-state index contributed by atoms with van der Waals surface area (Å²) in [6, 6.07) is 6.09. The van der Waals surface area contributed by atoms with Gasteiger partial charge in [0.25, 0.3) is 6.01 Å². The number of rotatable bonds is 1. The average molecular weight is 231 g/mol. The molecule has 1 aliphatic rings. The first-order chi connectivity index (χ1) is 8.24. The molecule has 0 radical (unpaired) electrons. The van der Waals surface area contributed by atoms with Gasteiger partial charge in [0.05, 0.1) is 18.4 Å². The van der Waals surface area contributed by atoms with Gasteiger partial charge in [0, 0.05) is 12.6 Å². The molecular weight excluding hydrogens is 218 g/mol. The molecule has 3 rings (SSSR count). The fraction of sp³-hybridized carbons (Fsp3) is 0.250. The third-order valence-corrected chi connectivity index (χ3v) is 2.86. The first-order valence-corrected chi connectivity index (χ1v) is 5.44. The summed E-state index contributed by atoms with van der Waals surface area (Å²) < 4.78 is 10.9. The van der Waals surface area contributed by atoms with Crippen molar-refractivity contribution in [3.05, 3.63) is 24.4 Å². The summed E-state index contributed by atoms with van der Waals surface area (Å²) >= 11 is 0. The molecule has 88 valence electrons. The molecule has 0 fully saturated rings. The van der Waals surface area contributed by atoms with Crippen LogP contribution in [0.2, 0.25) is 0 Å². The van der Waals surface area contributed by atoms with E-state index in [0.717, 1.165) is 30.2 Å². The minimum Gasteiger partial charge on any atom is -0.490 e. The minimum absolute atomic E-state index is 0.183. The lowest BCUT2D eigenvalue weighted by molar-refractivity contribution is 0.311. The Kier molecular flexibility index (Phi) is 2.18. The third kappa shape index (κ3) is 1.69. The van der Waals surface area contributed by atoms with E-state index in [2.05, 4.69) is 9.88 Å². The van der Waals surface area contributed by atoms with Crippen LogP contribution in [0.25, 0.3) is 11.3 Å². The van der Waals surface area contributed by atoms with Gasteiger partial charge in [-0.3, -0.25) is 0 Å². The highest BCUT2D eigenvalue weighted by Gasteiger charge is 2.16. The van der Waals surface area contributed by atoms with Gasteiger partial charge in [-0.2, -0.15) is 0 Å². The van der Waals surface area contributed by atoms with Crippen LogP contribution in [0, 0.1) is 0 Å². The summed E-state index contributed by atoms with van der Waals surface area (Å²) in [5.74, 6) is 1.57. The molecule has 2 aromatic rings. The topological polar surface area (TPSA) is 64.5 Å². The van der Waals surface area contributed by atoms with E-state index in [1.165, 1.54) is 0 Å². The molecule has 5 heteroatoms. The Labute approximate surface area is 98.8 Å². The summed E-state index contributed by atoms with van der Waals surface area (Å²) in [6.45, 7) is 1.60. The van der Waals surface area contributed by atoms with Crippen LogP contribution in [0.4, 0.5) is 11.7 Å². The lowest BCUT2D eigenvalue weighted by atomic mass is 10.1. The monoisotopic (exact) mass is 231 g/mol. The van der Waals surface area contributed by atoms with Crippen molar-refractivity contribution in [3.8, 4) is 17.1 Å². The van der Waals surface area contributed by atoms with E-state index in [1.807, 2.05) is 25.2 Å². The molecule has 0 amide bonds. The summed E-state index contributed by atoms with van der Waals surface area (Å²) in [6.07, 6.45) is 1.63. The zero-order valence-corrected chi connectivity index (χ0v) is 9.51. The van der Waals surface area contributed by atoms with Gasteiger partial charge in [-0.05, 0) is 18.2 Å². The molecule has 0 bridgehead atoms. The highest BCUT2D eigenvalue weighted by atomic mass is 16.5. The highest BCUT2D eigenvalue weighted by Crippen LogP contribution is 2.35. The van der Waals surface area contributed by atoms with Gasteiger partial charge >= 0.3 is 0 Å². The molecule has 2 heterocycles. The molecule has 17 heavy (non-hydrogen) atoms. The second-order valence-corrected chi connectivity index (χ2v) is 4.02. The fourth-order valence-corrected chi connectivity index (χ4v) is 1.93. The van der Waals surface area contributed by atoms with E-state index >= 15 is 0 Å². The Balaban J connectivity index is 2.05. The number of oxazole rings is 1. The van der Waals surface area contributed by atoms with Gasteiger partial charge in [0.2, 0.25) is 0 Å². The molecule has 5 nitrogen and oxygen atoms in total. The van der Waals surface area contributed by atoms with E-state index in [9.17, 15) is 0 Å². The largest absolute Gasteiger partial charge is 0.490 e. The van der Waals surface area contributed by atoms with Crippen LogP contribution in [-0.4, -0.2) is 25.2 Å². The van der Waals surface area contributed by atoms with Crippen molar-refractivity contribution in [1.29, 1.82) is 0 Å². The van der Waals surface area contributed by atoms with Crippen LogP contribution in [-0.2, 0) is 0 Å². The van der Waals surface area contributed by atoms with Crippen molar-refractivity contribution < 1.29 is 9.15 Å². The number of likely N-dealkylation sites (N-methyl/N-ethyl adjacent to an activating group) is 1. The Bertz CT molecular complexity index is 550. The molecule has 0 saturated carbocycles. The number of aromatic nitrogens is 1. The Morgan fingerprint density at radius 2 is 2.29 bits per heavy atom. The molecule has 1 aromatic heterocycles. The predicted octanol–water partition coefficient (Wildman–Crippen LogP) is 1.75. The summed E-state index contributed by atoms with van der Waals surface area (Å²) in [7, 11) is 2.04. The van der Waals surface area contributed by atoms with Gasteiger partial charge in [-0.1, -0.05) is 0 Å². The van der Waals surface area contributed by atoms with Crippen molar-refractivity contribution in [3.63, 3.8) is 0 Å². The maximum absolute atomic E-state index is 5.58. The molecule has 0 aliphatic carbocycles. The summed E-state index contributed by atoms with van der Waals surface area (Å²) in [5, 5.41) is 0. The van der Waals surface area contributed by atoms with Crippen LogP contribution in [0.15, 0.2) is 28.8 Å². The Morgan fingerprint density at radius 1 is 1.41 bits per heavy atom. The second-order valence-electron chi connectivity index (χ2n) is 4.02. The number of nitrogen functional groups attached to an aromatic ring is 1. The third-order valence-electron chi connectivity index (χ3n) is 2.86. The van der Waals surface area contributed by atoms with Gasteiger partial charge in [-0.15, -0.1) is 0 Å².